The molecule has 3 rings (SSSR count). The van der Waals surface area contributed by atoms with Crippen molar-refractivity contribution in [1.82, 2.24) is 14.3 Å². The third kappa shape index (κ3) is 5.01. The summed E-state index contributed by atoms with van der Waals surface area (Å²) in [6.07, 6.45) is 6.02. The first-order valence-corrected chi connectivity index (χ1v) is 9.35. The van der Waals surface area contributed by atoms with E-state index in [4.69, 9.17) is 5.73 Å². The van der Waals surface area contributed by atoms with Gasteiger partial charge in [0.2, 0.25) is 0 Å². The fourth-order valence-corrected chi connectivity index (χ4v) is 3.75. The number of halogens is 2. The second-order valence-corrected chi connectivity index (χ2v) is 7.34. The van der Waals surface area contributed by atoms with E-state index in [9.17, 15) is 9.18 Å². The van der Waals surface area contributed by atoms with Gasteiger partial charge < -0.3 is 5.73 Å². The summed E-state index contributed by atoms with van der Waals surface area (Å²) < 4.78 is 15.3. The van der Waals surface area contributed by atoms with Crippen LogP contribution < -0.4 is 11.4 Å². The molecule has 5 nitrogen and oxygen atoms in total. The first-order chi connectivity index (χ1) is 12.2. The summed E-state index contributed by atoms with van der Waals surface area (Å²) in [7, 11) is 0. The van der Waals surface area contributed by atoms with Crippen molar-refractivity contribution in [2.45, 2.75) is 13.1 Å². The number of nitrogens with zero attached hydrogens (tertiary/aromatic N) is 3. The van der Waals surface area contributed by atoms with E-state index in [0.29, 0.717) is 18.4 Å². The fraction of sp³-hybridized carbons (Fsp3) is 0.176. The molecule has 0 spiro atoms. The van der Waals surface area contributed by atoms with Gasteiger partial charge in [0.25, 0.3) is 0 Å². The van der Waals surface area contributed by atoms with Crippen LogP contribution in [0, 0.1) is 0 Å². The largest absolute Gasteiger partial charge is 0.346 e. The molecule has 0 aliphatic rings. The Hall–Kier alpha value is -2.00. The molecule has 2 N–H and O–H groups in total. The lowest BCUT2D eigenvalue weighted by Crippen LogP contribution is -2.26. The Morgan fingerprint density at radius 2 is 2.15 bits per heavy atom. The maximum atomic E-state index is 12.6. The molecule has 0 aliphatic carbocycles. The molecule has 0 unspecified atom stereocenters. The summed E-state index contributed by atoms with van der Waals surface area (Å²) in [5.41, 5.74) is 6.63. The standard InChI is InChI=1S/C17H17FN4OS2.ClH/c18-7-14(8-19)9-22-17(23)21(12-20-22)10-16-4-3-15(25-16)2-1-13-5-6-24-11-13;/h1-7,11-12H,8-10,19H2;1H/b2-1+,14-7+;. The van der Waals surface area contributed by atoms with E-state index < -0.39 is 0 Å². The molecule has 0 bridgehead atoms. The molecular weight excluding hydrogens is 395 g/mol. The first-order valence-electron chi connectivity index (χ1n) is 7.59. The number of hydrogen-bond donors (Lipinski definition) is 1. The van der Waals surface area contributed by atoms with Gasteiger partial charge in [0, 0.05) is 16.3 Å². The SMILES string of the molecule is Cl.NC/C(=C\F)Cn1ncn(Cc2ccc(/C=C/c3ccsc3)s2)c1=O. The van der Waals surface area contributed by atoms with Gasteiger partial charge in [-0.3, -0.25) is 4.57 Å². The van der Waals surface area contributed by atoms with E-state index in [0.717, 1.165) is 9.75 Å². The Bertz CT molecular complexity index is 940. The molecule has 26 heavy (non-hydrogen) atoms. The predicted molar refractivity (Wildman–Crippen MR) is 109 cm³/mol. The Kier molecular flexibility index (Phi) is 7.52. The average molecular weight is 413 g/mol. The Morgan fingerprint density at radius 3 is 2.85 bits per heavy atom. The lowest BCUT2D eigenvalue weighted by atomic mass is 10.3. The molecule has 3 heterocycles. The Labute approximate surface area is 164 Å². The summed E-state index contributed by atoms with van der Waals surface area (Å²) in [4.78, 5) is 14.5. The van der Waals surface area contributed by atoms with E-state index in [-0.39, 0.29) is 31.2 Å². The van der Waals surface area contributed by atoms with Crippen molar-refractivity contribution in [1.29, 1.82) is 0 Å². The van der Waals surface area contributed by atoms with Crippen molar-refractivity contribution in [3.05, 3.63) is 73.0 Å². The van der Waals surface area contributed by atoms with Crippen molar-refractivity contribution in [2.75, 3.05) is 6.54 Å². The van der Waals surface area contributed by atoms with Crippen molar-refractivity contribution in [3.8, 4) is 0 Å². The summed E-state index contributed by atoms with van der Waals surface area (Å²) in [6, 6.07) is 6.08. The van der Waals surface area contributed by atoms with E-state index in [1.54, 1.807) is 22.7 Å². The van der Waals surface area contributed by atoms with Gasteiger partial charge in [0.15, 0.2) is 0 Å². The number of hydrogen-bond acceptors (Lipinski definition) is 5. The van der Waals surface area contributed by atoms with Crippen LogP contribution in [0.15, 0.2) is 52.0 Å². The van der Waals surface area contributed by atoms with Gasteiger partial charge in [-0.2, -0.15) is 16.4 Å². The molecule has 0 saturated carbocycles. The summed E-state index contributed by atoms with van der Waals surface area (Å²) in [6.45, 7) is 0.561. The molecule has 9 heteroatoms. The van der Waals surface area contributed by atoms with Gasteiger partial charge in [-0.05, 0) is 46.2 Å². The minimum Gasteiger partial charge on any atom is -0.327 e. The maximum absolute atomic E-state index is 12.6. The highest BCUT2D eigenvalue weighted by Gasteiger charge is 2.08. The molecule has 0 aromatic carbocycles. The second kappa shape index (κ2) is 9.63. The molecule has 0 amide bonds. The highest BCUT2D eigenvalue weighted by atomic mass is 35.5. The van der Waals surface area contributed by atoms with Crippen LogP contribution in [0.4, 0.5) is 4.39 Å². The number of nitrogens with two attached hydrogens (primary N) is 1. The molecule has 3 aromatic rings. The molecular formula is C17H18ClFN4OS2. The minimum absolute atomic E-state index is 0. The smallest absolute Gasteiger partial charge is 0.327 e. The van der Waals surface area contributed by atoms with Crippen molar-refractivity contribution in [2.24, 2.45) is 5.73 Å². The van der Waals surface area contributed by atoms with Crippen LogP contribution in [0.5, 0.6) is 0 Å². The monoisotopic (exact) mass is 412 g/mol. The third-order valence-electron chi connectivity index (χ3n) is 3.56. The van der Waals surface area contributed by atoms with Crippen LogP contribution in [0.3, 0.4) is 0 Å². The van der Waals surface area contributed by atoms with Gasteiger partial charge in [-0.1, -0.05) is 6.08 Å². The quantitative estimate of drug-likeness (QED) is 0.644. The minimum atomic E-state index is -0.281. The van der Waals surface area contributed by atoms with Gasteiger partial charge in [0.1, 0.15) is 6.33 Å². The van der Waals surface area contributed by atoms with E-state index >= 15 is 0 Å². The molecule has 0 aliphatic heterocycles. The summed E-state index contributed by atoms with van der Waals surface area (Å²) >= 11 is 3.28. The van der Waals surface area contributed by atoms with E-state index in [1.165, 1.54) is 21.1 Å². The van der Waals surface area contributed by atoms with Gasteiger partial charge in [-0.25, -0.2) is 13.9 Å². The molecule has 0 saturated heterocycles. The third-order valence-corrected chi connectivity index (χ3v) is 5.29. The summed E-state index contributed by atoms with van der Waals surface area (Å²) in [5, 5.41) is 8.14. The van der Waals surface area contributed by atoms with Crippen LogP contribution in [-0.2, 0) is 13.1 Å². The van der Waals surface area contributed by atoms with Crippen LogP contribution in [-0.4, -0.2) is 20.9 Å². The van der Waals surface area contributed by atoms with Gasteiger partial charge >= 0.3 is 5.69 Å². The topological polar surface area (TPSA) is 65.8 Å². The Morgan fingerprint density at radius 1 is 1.31 bits per heavy atom. The zero-order valence-corrected chi connectivity index (χ0v) is 16.2. The highest BCUT2D eigenvalue weighted by molar-refractivity contribution is 7.12. The maximum Gasteiger partial charge on any atom is 0.346 e. The number of thiophene rings is 2. The fourth-order valence-electron chi connectivity index (χ4n) is 2.21. The highest BCUT2D eigenvalue weighted by Crippen LogP contribution is 2.20. The molecule has 0 atom stereocenters. The molecule has 3 aromatic heterocycles. The van der Waals surface area contributed by atoms with Crippen LogP contribution >= 0.6 is 35.1 Å². The van der Waals surface area contributed by atoms with E-state index in [1.807, 2.05) is 17.5 Å². The van der Waals surface area contributed by atoms with Gasteiger partial charge in [0.05, 0.1) is 19.4 Å². The average Bonchev–Trinajstić information content (AvgIpc) is 3.35. The van der Waals surface area contributed by atoms with Crippen molar-refractivity contribution >= 4 is 47.2 Å². The zero-order chi connectivity index (χ0) is 17.6. The number of aromatic nitrogens is 3. The van der Waals surface area contributed by atoms with Gasteiger partial charge in [-0.15, -0.1) is 23.7 Å². The van der Waals surface area contributed by atoms with Crippen LogP contribution in [0.25, 0.3) is 12.2 Å². The summed E-state index contributed by atoms with van der Waals surface area (Å²) in [5.74, 6) is 0. The molecule has 0 fully saturated rings. The van der Waals surface area contributed by atoms with Crippen molar-refractivity contribution in [3.63, 3.8) is 0 Å². The second-order valence-electron chi connectivity index (χ2n) is 5.36. The first kappa shape index (κ1) is 20.3. The Balaban J connectivity index is 0.00000243. The van der Waals surface area contributed by atoms with Crippen molar-refractivity contribution < 1.29 is 4.39 Å². The predicted octanol–water partition coefficient (Wildman–Crippen LogP) is 3.62. The zero-order valence-electron chi connectivity index (χ0n) is 13.7. The van der Waals surface area contributed by atoms with Crippen LogP contribution in [0.2, 0.25) is 0 Å². The van der Waals surface area contributed by atoms with E-state index in [2.05, 4.69) is 28.7 Å². The normalized spacial score (nSPS) is 11.8. The van der Waals surface area contributed by atoms with Crippen LogP contribution in [0.1, 0.15) is 15.3 Å². The lowest BCUT2D eigenvalue weighted by Gasteiger charge is -2.01. The molecule has 138 valence electrons. The lowest BCUT2D eigenvalue weighted by molar-refractivity contribution is 0.604. The molecule has 0 radical (unpaired) electrons. The number of rotatable bonds is 7.